The fourth-order valence-electron chi connectivity index (χ4n) is 8.19. The highest BCUT2D eigenvalue weighted by molar-refractivity contribution is 7.58. The van der Waals surface area contributed by atoms with E-state index in [9.17, 15) is 0 Å². The minimum Gasteiger partial charge on any atom is -0.173 e. The van der Waals surface area contributed by atoms with Gasteiger partial charge >= 0.3 is 0 Å². The van der Waals surface area contributed by atoms with Gasteiger partial charge in [-0.15, -0.1) is 0 Å². The molecule has 0 unspecified atom stereocenters. The monoisotopic (exact) mass is 730 g/mol. The predicted molar refractivity (Wildman–Crippen MR) is 209 cm³/mol. The molecule has 0 bridgehead atoms. The van der Waals surface area contributed by atoms with Crippen LogP contribution >= 0.6 is 23.5 Å². The van der Waals surface area contributed by atoms with Crippen LogP contribution in [0.2, 0.25) is 0 Å². The summed E-state index contributed by atoms with van der Waals surface area (Å²) < 4.78 is 38.0. The lowest BCUT2D eigenvalue weighted by Crippen LogP contribution is -2.28. The molecule has 0 saturated carbocycles. The number of benzene rings is 6. The molecular formula is C39H22N8S4. The highest BCUT2D eigenvalue weighted by Gasteiger charge is 2.47. The minimum atomic E-state index is -0.646. The number of rotatable bonds is 4. The van der Waals surface area contributed by atoms with Gasteiger partial charge in [0.1, 0.15) is 44.8 Å². The second-order valence-electron chi connectivity index (χ2n) is 12.8. The van der Waals surface area contributed by atoms with Crippen LogP contribution in [-0.2, 0) is 28.1 Å². The van der Waals surface area contributed by atoms with Crippen molar-refractivity contribution in [1.29, 1.82) is 0 Å². The van der Waals surface area contributed by atoms with Crippen molar-refractivity contribution >= 4 is 91.0 Å². The number of hydrogen-bond donors (Lipinski definition) is 0. The third-order valence-electron chi connectivity index (χ3n) is 10.5. The highest BCUT2D eigenvalue weighted by Crippen LogP contribution is 2.59. The van der Waals surface area contributed by atoms with Gasteiger partial charge in [0.15, 0.2) is 0 Å². The van der Waals surface area contributed by atoms with E-state index in [2.05, 4.69) is 111 Å². The molecule has 0 saturated heterocycles. The Bertz CT molecular complexity index is 2770. The number of nitrogens with zero attached hydrogens (tertiary/aromatic N) is 8. The number of fused-ring (bicyclic) bond motifs is 7. The van der Waals surface area contributed by atoms with Crippen LogP contribution in [0, 0.1) is 13.8 Å². The van der Waals surface area contributed by atoms with E-state index in [1.165, 1.54) is 79.5 Å². The first-order valence-corrected chi connectivity index (χ1v) is 19.2. The van der Waals surface area contributed by atoms with Crippen molar-refractivity contribution in [3.8, 4) is 33.4 Å². The molecule has 2 aromatic heterocycles. The molecule has 3 aliphatic rings. The van der Waals surface area contributed by atoms with E-state index in [1.807, 2.05) is 0 Å². The van der Waals surface area contributed by atoms with Crippen molar-refractivity contribution in [1.82, 2.24) is 17.5 Å². The Balaban J connectivity index is 1.24. The SMILES string of the molecule is Cc1c2c(c(-c3ccc4c(c3)C(c3ccccc3)(c3ccccc3)c3cc(-c5c6c(c(C)c7nsnc57)N=S=N6)ccc3-4)c3nsnc13)N=S=N2. The molecule has 0 radical (unpaired) electrons. The summed E-state index contributed by atoms with van der Waals surface area (Å²) in [5, 5.41) is 0. The zero-order chi connectivity index (χ0) is 33.8. The summed E-state index contributed by atoms with van der Waals surface area (Å²) in [5.74, 6) is 0. The molecule has 51 heavy (non-hydrogen) atoms. The minimum absolute atomic E-state index is 0.646. The van der Waals surface area contributed by atoms with Gasteiger partial charge in [-0.2, -0.15) is 34.9 Å². The first-order chi connectivity index (χ1) is 25.1. The Kier molecular flexibility index (Phi) is 6.21. The van der Waals surface area contributed by atoms with Crippen LogP contribution in [0.5, 0.6) is 0 Å². The number of aromatic nitrogens is 4. The van der Waals surface area contributed by atoms with Gasteiger partial charge in [0.05, 0.1) is 51.6 Å². The fraction of sp³-hybridized carbons (Fsp3) is 0.0769. The Hall–Kier alpha value is -5.40. The standard InChI is InChI=1S/C39H22N8S4/c1-19-31-35(44-48-40-31)29(36-32(19)41-49-45-36)21-13-15-25-26-16-14-22(30-37-33(42-50-46-37)20(2)34-38(30)47-51-43-34)18-28(26)39(27(25)17-21,23-9-5-3-6-10-23)24-11-7-4-8-12-24/h3-18H,1-2H3. The second kappa shape index (κ2) is 10.8. The zero-order valence-corrected chi connectivity index (χ0v) is 30.2. The van der Waals surface area contributed by atoms with E-state index in [0.29, 0.717) is 0 Å². The molecule has 0 amide bonds. The second-order valence-corrected chi connectivity index (χ2v) is 15.0. The molecule has 6 aromatic carbocycles. The largest absolute Gasteiger partial charge is 0.173 e. The third kappa shape index (κ3) is 3.87. The summed E-state index contributed by atoms with van der Waals surface area (Å²) in [6.45, 7) is 4.12. The van der Waals surface area contributed by atoms with Crippen molar-refractivity contribution in [2.75, 3.05) is 0 Å². The van der Waals surface area contributed by atoms with E-state index >= 15 is 0 Å². The number of hydrogen-bond acceptors (Lipinski definition) is 10. The molecule has 0 atom stereocenters. The van der Waals surface area contributed by atoms with Crippen LogP contribution in [0.3, 0.4) is 0 Å². The molecular weight excluding hydrogens is 709 g/mol. The van der Waals surface area contributed by atoms with E-state index in [1.54, 1.807) is 0 Å². The van der Waals surface area contributed by atoms with Crippen molar-refractivity contribution in [3.05, 3.63) is 130 Å². The van der Waals surface area contributed by atoms with E-state index in [4.69, 9.17) is 34.9 Å². The molecule has 0 fully saturated rings. The van der Waals surface area contributed by atoms with Gasteiger partial charge in [-0.25, -0.2) is 0 Å². The van der Waals surface area contributed by atoms with Crippen LogP contribution in [0.4, 0.5) is 22.7 Å². The van der Waals surface area contributed by atoms with Crippen molar-refractivity contribution in [2.24, 2.45) is 17.5 Å². The predicted octanol–water partition coefficient (Wildman–Crippen LogP) is 11.5. The summed E-state index contributed by atoms with van der Waals surface area (Å²) >= 11 is 4.93. The first kappa shape index (κ1) is 29.3. The van der Waals surface area contributed by atoms with E-state index < -0.39 is 5.41 Å². The summed E-state index contributed by atoms with van der Waals surface area (Å²) in [4.78, 5) is 0. The molecule has 11 rings (SSSR count). The van der Waals surface area contributed by atoms with Crippen molar-refractivity contribution < 1.29 is 0 Å². The first-order valence-electron chi connectivity index (χ1n) is 16.3. The summed E-state index contributed by atoms with van der Waals surface area (Å²) in [6.07, 6.45) is 0. The maximum absolute atomic E-state index is 4.81. The Morgan fingerprint density at radius 3 is 1.31 bits per heavy atom. The molecule has 0 N–H and O–H groups in total. The lowest BCUT2D eigenvalue weighted by Gasteiger charge is -2.34. The van der Waals surface area contributed by atoms with E-state index in [0.717, 1.165) is 78.2 Å². The van der Waals surface area contributed by atoms with Crippen molar-refractivity contribution in [3.63, 3.8) is 0 Å². The fourth-order valence-corrected chi connectivity index (χ4v) is 10.6. The van der Waals surface area contributed by atoms with Gasteiger partial charge in [-0.1, -0.05) is 84.9 Å². The van der Waals surface area contributed by atoms with Gasteiger partial charge in [0.25, 0.3) is 0 Å². The molecule has 12 heteroatoms. The topological polar surface area (TPSA) is 101 Å². The average molecular weight is 731 g/mol. The van der Waals surface area contributed by atoms with Gasteiger partial charge in [0.2, 0.25) is 0 Å². The van der Waals surface area contributed by atoms with Gasteiger partial charge in [-0.05, 0) is 70.5 Å². The smallest absolute Gasteiger partial charge is 0.115 e. The molecule has 1 aliphatic carbocycles. The van der Waals surface area contributed by atoms with Gasteiger partial charge < -0.3 is 0 Å². The molecule has 4 heterocycles. The maximum Gasteiger partial charge on any atom is 0.115 e. The summed E-state index contributed by atoms with van der Waals surface area (Å²) in [6, 6.07) is 35.4. The average Bonchev–Trinajstić information content (AvgIpc) is 4.02. The zero-order valence-electron chi connectivity index (χ0n) is 26.9. The van der Waals surface area contributed by atoms with Crippen LogP contribution in [0.25, 0.3) is 55.4 Å². The quantitative estimate of drug-likeness (QED) is 0.180. The van der Waals surface area contributed by atoms with Gasteiger partial charge in [0, 0.05) is 22.3 Å². The number of aryl methyl sites for hydroxylation is 2. The van der Waals surface area contributed by atoms with E-state index in [-0.39, 0.29) is 0 Å². The highest BCUT2D eigenvalue weighted by atomic mass is 32.1. The normalized spacial score (nSPS) is 14.4. The lowest BCUT2D eigenvalue weighted by molar-refractivity contribution is 0.769. The molecule has 0 spiro atoms. The maximum atomic E-state index is 4.81. The Morgan fingerprint density at radius 2 is 0.863 bits per heavy atom. The van der Waals surface area contributed by atoms with Crippen LogP contribution in [0.15, 0.2) is 115 Å². The molecule has 2 aliphatic heterocycles. The van der Waals surface area contributed by atoms with Crippen LogP contribution < -0.4 is 0 Å². The van der Waals surface area contributed by atoms with Gasteiger partial charge in [-0.3, -0.25) is 0 Å². The van der Waals surface area contributed by atoms with Crippen molar-refractivity contribution in [2.45, 2.75) is 19.3 Å². The van der Waals surface area contributed by atoms with Crippen LogP contribution in [-0.4, -0.2) is 17.5 Å². The summed E-state index contributed by atoms with van der Waals surface area (Å²) in [5.41, 5.74) is 19.5. The molecule has 242 valence electrons. The molecule has 8 nitrogen and oxygen atoms in total. The summed E-state index contributed by atoms with van der Waals surface area (Å²) in [7, 11) is 0. The molecule has 8 aromatic rings. The van der Waals surface area contributed by atoms with Crippen LogP contribution in [0.1, 0.15) is 33.4 Å². The Morgan fingerprint density at radius 1 is 0.451 bits per heavy atom. The third-order valence-corrected chi connectivity index (χ3v) is 12.6. The Labute approximate surface area is 307 Å². The lowest BCUT2D eigenvalue weighted by atomic mass is 9.67.